The van der Waals surface area contributed by atoms with Gasteiger partial charge in [0.15, 0.2) is 17.2 Å². The first-order chi connectivity index (χ1) is 12.0. The first-order valence-electron chi connectivity index (χ1n) is 8.10. The maximum Gasteiger partial charge on any atom is 0.224 e. The van der Waals surface area contributed by atoms with Gasteiger partial charge >= 0.3 is 0 Å². The van der Waals surface area contributed by atoms with Crippen LogP contribution in [-0.2, 0) is 4.79 Å². The van der Waals surface area contributed by atoms with Gasteiger partial charge in [0, 0.05) is 12.5 Å². The molecule has 0 bridgehead atoms. The van der Waals surface area contributed by atoms with E-state index in [4.69, 9.17) is 9.47 Å². The van der Waals surface area contributed by atoms with Gasteiger partial charge in [0.25, 0.3) is 0 Å². The molecular weight excluding hydrogens is 359 g/mol. The van der Waals surface area contributed by atoms with Crippen LogP contribution in [0.5, 0.6) is 17.2 Å². The molecule has 0 saturated carbocycles. The lowest BCUT2D eigenvalue weighted by Crippen LogP contribution is -2.15. The van der Waals surface area contributed by atoms with E-state index in [9.17, 15) is 9.18 Å². The van der Waals surface area contributed by atoms with Crippen LogP contribution in [0.4, 0.5) is 10.1 Å². The molecule has 1 amide bonds. The summed E-state index contributed by atoms with van der Waals surface area (Å²) in [7, 11) is 3.38. The van der Waals surface area contributed by atoms with Gasteiger partial charge in [-0.3, -0.25) is 4.79 Å². The van der Waals surface area contributed by atoms with Crippen molar-refractivity contribution in [3.8, 4) is 17.2 Å². The van der Waals surface area contributed by atoms with Crippen molar-refractivity contribution in [1.29, 1.82) is 0 Å². The smallest absolute Gasteiger partial charge is 0.224 e. The zero-order chi connectivity index (χ0) is 18.2. The van der Waals surface area contributed by atoms with E-state index in [-0.39, 0.29) is 24.0 Å². The fourth-order valence-electron chi connectivity index (χ4n) is 2.30. The molecule has 2 aromatic carbocycles. The van der Waals surface area contributed by atoms with Crippen LogP contribution in [0, 0.1) is 12.7 Å². The lowest BCUT2D eigenvalue weighted by atomic mass is 10.2. The Kier molecular flexibility index (Phi) is 8.88. The molecule has 2 rings (SSSR count). The molecule has 7 heteroatoms. The Bertz CT molecular complexity index is 741. The fourth-order valence-corrected chi connectivity index (χ4v) is 2.30. The highest BCUT2D eigenvalue weighted by Gasteiger charge is 2.13. The number of methoxy groups -OCH3 is 1. The first kappa shape index (κ1) is 21.7. The molecule has 0 aliphatic heterocycles. The minimum Gasteiger partial charge on any atom is -0.493 e. The number of hydrogen-bond acceptors (Lipinski definition) is 4. The Hall–Kier alpha value is -2.31. The lowest BCUT2D eigenvalue weighted by molar-refractivity contribution is -0.116. The molecule has 0 aliphatic carbocycles. The Labute approximate surface area is 159 Å². The molecule has 2 N–H and O–H groups in total. The third kappa shape index (κ3) is 6.20. The number of carbonyl (C=O) groups excluding carboxylic acids is 1. The van der Waals surface area contributed by atoms with E-state index in [1.165, 1.54) is 18.2 Å². The average Bonchev–Trinajstić information content (AvgIpc) is 2.58. The van der Waals surface area contributed by atoms with E-state index < -0.39 is 5.82 Å². The number of hydrogen-bond donors (Lipinski definition) is 2. The molecule has 0 aromatic heterocycles. The van der Waals surface area contributed by atoms with Crippen LogP contribution in [0.25, 0.3) is 0 Å². The number of benzene rings is 2. The zero-order valence-corrected chi connectivity index (χ0v) is 15.9. The molecule has 0 unspecified atom stereocenters. The summed E-state index contributed by atoms with van der Waals surface area (Å²) in [5.74, 6) is 0.766. The highest BCUT2D eigenvalue weighted by atomic mass is 35.5. The van der Waals surface area contributed by atoms with Crippen LogP contribution in [0.15, 0.2) is 36.4 Å². The zero-order valence-electron chi connectivity index (χ0n) is 15.1. The molecule has 142 valence electrons. The highest BCUT2D eigenvalue weighted by molar-refractivity contribution is 5.92. The Morgan fingerprint density at radius 1 is 1.12 bits per heavy atom. The summed E-state index contributed by atoms with van der Waals surface area (Å²) in [6, 6.07) is 9.51. The van der Waals surface area contributed by atoms with Gasteiger partial charge in [-0.25, -0.2) is 4.39 Å². The van der Waals surface area contributed by atoms with Gasteiger partial charge in [0.2, 0.25) is 5.91 Å². The molecule has 0 radical (unpaired) electrons. The van der Waals surface area contributed by atoms with Crippen molar-refractivity contribution in [2.24, 2.45) is 0 Å². The number of nitrogens with one attached hydrogen (secondary N) is 2. The van der Waals surface area contributed by atoms with E-state index in [2.05, 4.69) is 10.6 Å². The number of carbonyl (C=O) groups is 1. The second kappa shape index (κ2) is 10.6. The van der Waals surface area contributed by atoms with Crippen LogP contribution in [-0.4, -0.2) is 26.6 Å². The van der Waals surface area contributed by atoms with E-state index in [0.29, 0.717) is 30.1 Å². The van der Waals surface area contributed by atoms with Crippen molar-refractivity contribution in [2.75, 3.05) is 26.0 Å². The van der Waals surface area contributed by atoms with Crippen LogP contribution in [0.3, 0.4) is 0 Å². The predicted molar refractivity (Wildman–Crippen MR) is 103 cm³/mol. The average molecular weight is 383 g/mol. The van der Waals surface area contributed by atoms with Crippen LogP contribution >= 0.6 is 12.4 Å². The van der Waals surface area contributed by atoms with E-state index in [0.717, 1.165) is 12.1 Å². The molecule has 0 fully saturated rings. The molecule has 0 atom stereocenters. The van der Waals surface area contributed by atoms with Gasteiger partial charge in [-0.15, -0.1) is 12.4 Å². The molecule has 2 aromatic rings. The second-order valence-electron chi connectivity index (χ2n) is 5.65. The predicted octanol–water partition coefficient (Wildman–Crippen LogP) is 4.29. The third-order valence-corrected chi connectivity index (χ3v) is 3.59. The third-order valence-electron chi connectivity index (χ3n) is 3.59. The molecule has 0 saturated heterocycles. The first-order valence-corrected chi connectivity index (χ1v) is 8.10. The van der Waals surface area contributed by atoms with Crippen molar-refractivity contribution >= 4 is 24.0 Å². The van der Waals surface area contributed by atoms with Crippen LogP contribution in [0.1, 0.15) is 18.4 Å². The number of aryl methyl sites for hydroxylation is 1. The monoisotopic (exact) mass is 382 g/mol. The molecule has 0 aliphatic rings. The normalized spacial score (nSPS) is 10.0. The summed E-state index contributed by atoms with van der Waals surface area (Å²) < 4.78 is 24.8. The minimum atomic E-state index is -0.450. The van der Waals surface area contributed by atoms with E-state index >= 15 is 0 Å². The van der Waals surface area contributed by atoms with Crippen molar-refractivity contribution < 1.29 is 18.7 Å². The summed E-state index contributed by atoms with van der Waals surface area (Å²) >= 11 is 0. The number of rotatable bonds is 8. The van der Waals surface area contributed by atoms with Crippen molar-refractivity contribution in [2.45, 2.75) is 19.8 Å². The molecule has 0 spiro atoms. The maximum atomic E-state index is 13.6. The van der Waals surface area contributed by atoms with Gasteiger partial charge in [-0.1, -0.05) is 6.07 Å². The standard InChI is InChI=1S/C19H23FN2O3.ClH/c1-13-6-8-17(18(11-13)24-3)25-16-9-7-14(20)12-15(16)22-19(23)5-4-10-21-2;/h6-9,11-12,21H,4-5,10H2,1-3H3,(H,22,23);1H. The molecule has 26 heavy (non-hydrogen) atoms. The number of halogens is 2. The minimum absolute atomic E-state index is 0. The fraction of sp³-hybridized carbons (Fsp3) is 0.316. The Morgan fingerprint density at radius 3 is 2.54 bits per heavy atom. The molecule has 0 heterocycles. The van der Waals surface area contributed by atoms with Crippen molar-refractivity contribution in [3.63, 3.8) is 0 Å². The highest BCUT2D eigenvalue weighted by Crippen LogP contribution is 2.36. The molecule has 5 nitrogen and oxygen atoms in total. The summed E-state index contributed by atoms with van der Waals surface area (Å²) in [6.07, 6.45) is 1.03. The second-order valence-corrected chi connectivity index (χ2v) is 5.65. The quantitative estimate of drug-likeness (QED) is 0.668. The van der Waals surface area contributed by atoms with Crippen molar-refractivity contribution in [3.05, 3.63) is 47.8 Å². The van der Waals surface area contributed by atoms with Crippen molar-refractivity contribution in [1.82, 2.24) is 5.32 Å². The van der Waals surface area contributed by atoms with Gasteiger partial charge in [0.1, 0.15) is 5.82 Å². The topological polar surface area (TPSA) is 59.6 Å². The Balaban J connectivity index is 0.00000338. The summed E-state index contributed by atoms with van der Waals surface area (Å²) in [5, 5.41) is 5.69. The SMILES string of the molecule is CNCCCC(=O)Nc1cc(F)ccc1Oc1ccc(C)cc1OC.Cl. The summed E-state index contributed by atoms with van der Waals surface area (Å²) in [5.41, 5.74) is 1.32. The van der Waals surface area contributed by atoms with E-state index in [1.807, 2.05) is 26.1 Å². The van der Waals surface area contributed by atoms with Crippen LogP contribution < -0.4 is 20.1 Å². The summed E-state index contributed by atoms with van der Waals surface area (Å²) in [4.78, 5) is 12.0. The van der Waals surface area contributed by atoms with Gasteiger partial charge in [0.05, 0.1) is 12.8 Å². The number of ether oxygens (including phenoxy) is 2. The lowest BCUT2D eigenvalue weighted by Gasteiger charge is -2.15. The number of amides is 1. The Morgan fingerprint density at radius 2 is 1.85 bits per heavy atom. The molecular formula is C19H24ClFN2O3. The van der Waals surface area contributed by atoms with Crippen LogP contribution in [0.2, 0.25) is 0 Å². The van der Waals surface area contributed by atoms with Gasteiger partial charge < -0.3 is 20.1 Å². The van der Waals surface area contributed by atoms with Gasteiger partial charge in [-0.2, -0.15) is 0 Å². The van der Waals surface area contributed by atoms with E-state index in [1.54, 1.807) is 13.2 Å². The number of anilines is 1. The summed E-state index contributed by atoms with van der Waals surface area (Å²) in [6.45, 7) is 2.68. The van der Waals surface area contributed by atoms with Gasteiger partial charge in [-0.05, 0) is 56.8 Å². The maximum absolute atomic E-state index is 13.6. The largest absolute Gasteiger partial charge is 0.493 e.